The standard InChI is InChI=1S/C32H26N2O3/c1-33-28-14-8-11-24(21-28)22-29(32(36)37)30(20-15-23-9-4-2-5-10-23)34-31(35)27-18-16-26(17-19-27)25-12-6-3-7-13-25/h2-21,29-30H,22H2,(H,34,35)(H,36,37). The van der Waals surface area contributed by atoms with E-state index in [1.807, 2.05) is 78.9 Å². The van der Waals surface area contributed by atoms with Crippen LogP contribution in [0, 0.1) is 12.5 Å². The molecule has 2 N–H and O–H groups in total. The van der Waals surface area contributed by atoms with E-state index < -0.39 is 17.9 Å². The molecule has 0 aliphatic rings. The maximum Gasteiger partial charge on any atom is 0.309 e. The van der Waals surface area contributed by atoms with E-state index in [0.29, 0.717) is 11.3 Å². The largest absolute Gasteiger partial charge is 0.481 e. The Labute approximate surface area is 216 Å². The number of carboxylic acids is 1. The van der Waals surface area contributed by atoms with Crippen LogP contribution in [0.1, 0.15) is 21.5 Å². The lowest BCUT2D eigenvalue weighted by Crippen LogP contribution is -2.43. The maximum absolute atomic E-state index is 13.2. The average molecular weight is 487 g/mol. The zero-order valence-corrected chi connectivity index (χ0v) is 20.1. The highest BCUT2D eigenvalue weighted by Crippen LogP contribution is 2.22. The van der Waals surface area contributed by atoms with Crippen LogP contribution in [0.4, 0.5) is 5.69 Å². The van der Waals surface area contributed by atoms with E-state index in [1.165, 1.54) is 0 Å². The number of carbonyl (C=O) groups excluding carboxylic acids is 1. The molecule has 0 radical (unpaired) electrons. The van der Waals surface area contributed by atoms with Crippen molar-refractivity contribution >= 4 is 23.6 Å². The summed E-state index contributed by atoms with van der Waals surface area (Å²) in [4.78, 5) is 29.0. The molecule has 1 amide bonds. The van der Waals surface area contributed by atoms with Crippen molar-refractivity contribution in [2.45, 2.75) is 12.5 Å². The van der Waals surface area contributed by atoms with Crippen LogP contribution in [0.15, 0.2) is 115 Å². The van der Waals surface area contributed by atoms with Crippen LogP contribution in [0.25, 0.3) is 22.0 Å². The van der Waals surface area contributed by atoms with Crippen molar-refractivity contribution in [1.29, 1.82) is 0 Å². The van der Waals surface area contributed by atoms with Crippen LogP contribution in [-0.2, 0) is 11.2 Å². The first-order valence-electron chi connectivity index (χ1n) is 11.9. The number of nitrogens with zero attached hydrogens (tertiary/aromatic N) is 1. The lowest BCUT2D eigenvalue weighted by molar-refractivity contribution is -0.142. The van der Waals surface area contributed by atoms with Crippen LogP contribution in [0.2, 0.25) is 0 Å². The molecule has 4 rings (SSSR count). The lowest BCUT2D eigenvalue weighted by atomic mass is 9.90. The molecular formula is C32H26N2O3. The molecule has 0 saturated heterocycles. The summed E-state index contributed by atoms with van der Waals surface area (Å²) in [6.07, 6.45) is 3.70. The summed E-state index contributed by atoms with van der Waals surface area (Å²) >= 11 is 0. The van der Waals surface area contributed by atoms with Gasteiger partial charge in [-0.1, -0.05) is 115 Å². The molecule has 0 aromatic heterocycles. The van der Waals surface area contributed by atoms with E-state index in [2.05, 4.69) is 10.2 Å². The highest BCUT2D eigenvalue weighted by atomic mass is 16.4. The van der Waals surface area contributed by atoms with E-state index in [0.717, 1.165) is 22.3 Å². The molecule has 37 heavy (non-hydrogen) atoms. The number of carboxylic acid groups (broad SMARTS) is 1. The molecule has 5 heteroatoms. The Bertz CT molecular complexity index is 1420. The molecule has 2 atom stereocenters. The molecule has 0 aliphatic heterocycles. The monoisotopic (exact) mass is 486 g/mol. The van der Waals surface area contributed by atoms with Gasteiger partial charge in [0.05, 0.1) is 18.5 Å². The average Bonchev–Trinajstić information content (AvgIpc) is 2.95. The normalized spacial score (nSPS) is 12.4. The Morgan fingerprint density at radius 2 is 1.49 bits per heavy atom. The third-order valence-electron chi connectivity index (χ3n) is 6.09. The Hall–Kier alpha value is -4.95. The molecule has 0 bridgehead atoms. The van der Waals surface area contributed by atoms with Gasteiger partial charge in [-0.2, -0.15) is 0 Å². The van der Waals surface area contributed by atoms with Gasteiger partial charge in [0.25, 0.3) is 5.91 Å². The topological polar surface area (TPSA) is 70.8 Å². The van der Waals surface area contributed by atoms with Crippen molar-refractivity contribution in [3.05, 3.63) is 143 Å². The highest BCUT2D eigenvalue weighted by Gasteiger charge is 2.28. The van der Waals surface area contributed by atoms with Crippen LogP contribution >= 0.6 is 0 Å². The molecule has 0 fully saturated rings. The lowest BCUT2D eigenvalue weighted by Gasteiger charge is -2.23. The van der Waals surface area contributed by atoms with Crippen molar-refractivity contribution in [2.75, 3.05) is 0 Å². The molecule has 182 valence electrons. The first-order chi connectivity index (χ1) is 18.0. The molecule has 0 aliphatic carbocycles. The van der Waals surface area contributed by atoms with Crippen LogP contribution in [-0.4, -0.2) is 23.0 Å². The predicted octanol–water partition coefficient (Wildman–Crippen LogP) is 6.66. The van der Waals surface area contributed by atoms with Gasteiger partial charge in [0, 0.05) is 5.56 Å². The van der Waals surface area contributed by atoms with E-state index in [4.69, 9.17) is 6.57 Å². The predicted molar refractivity (Wildman–Crippen MR) is 146 cm³/mol. The van der Waals surface area contributed by atoms with Crippen molar-refractivity contribution in [3.8, 4) is 11.1 Å². The first kappa shape index (κ1) is 25.2. The van der Waals surface area contributed by atoms with Crippen molar-refractivity contribution in [2.24, 2.45) is 5.92 Å². The van der Waals surface area contributed by atoms with Crippen molar-refractivity contribution < 1.29 is 14.7 Å². The summed E-state index contributed by atoms with van der Waals surface area (Å²) in [5.41, 5.74) is 4.54. The second-order valence-electron chi connectivity index (χ2n) is 8.64. The van der Waals surface area contributed by atoms with E-state index >= 15 is 0 Å². The Morgan fingerprint density at radius 3 is 2.14 bits per heavy atom. The quantitative estimate of drug-likeness (QED) is 0.260. The van der Waals surface area contributed by atoms with Gasteiger partial charge in [0.15, 0.2) is 5.69 Å². The Balaban J connectivity index is 1.60. The highest BCUT2D eigenvalue weighted by molar-refractivity contribution is 5.95. The van der Waals surface area contributed by atoms with Gasteiger partial charge in [0.1, 0.15) is 0 Å². The summed E-state index contributed by atoms with van der Waals surface area (Å²) in [6, 6.07) is 32.7. The van der Waals surface area contributed by atoms with E-state index in [9.17, 15) is 14.7 Å². The SMILES string of the molecule is [C-]#[N+]c1cccc(CC(C(=O)O)C(C=Cc2ccccc2)NC(=O)c2ccc(-c3ccccc3)cc2)c1. The number of hydrogen-bond acceptors (Lipinski definition) is 2. The minimum absolute atomic E-state index is 0.162. The molecule has 0 heterocycles. The van der Waals surface area contributed by atoms with Gasteiger partial charge in [0.2, 0.25) is 0 Å². The number of aliphatic carboxylic acids is 1. The summed E-state index contributed by atoms with van der Waals surface area (Å²) in [5.74, 6) is -2.33. The number of benzene rings is 4. The fraction of sp³-hybridized carbons (Fsp3) is 0.0938. The summed E-state index contributed by atoms with van der Waals surface area (Å²) in [7, 11) is 0. The van der Waals surface area contributed by atoms with Gasteiger partial charge in [-0.05, 0) is 35.2 Å². The zero-order valence-electron chi connectivity index (χ0n) is 20.1. The van der Waals surface area contributed by atoms with Gasteiger partial charge < -0.3 is 10.4 Å². The minimum atomic E-state index is -1.03. The molecule has 4 aromatic carbocycles. The number of rotatable bonds is 9. The number of carbonyl (C=O) groups is 2. The van der Waals surface area contributed by atoms with Gasteiger partial charge in [-0.25, -0.2) is 4.85 Å². The van der Waals surface area contributed by atoms with Gasteiger partial charge in [-0.3, -0.25) is 9.59 Å². The van der Waals surface area contributed by atoms with Crippen LogP contribution < -0.4 is 5.32 Å². The smallest absolute Gasteiger partial charge is 0.309 e. The zero-order chi connectivity index (χ0) is 26.0. The third-order valence-corrected chi connectivity index (χ3v) is 6.09. The van der Waals surface area contributed by atoms with E-state index in [1.54, 1.807) is 42.5 Å². The Kier molecular flexibility index (Phi) is 8.26. The van der Waals surface area contributed by atoms with Gasteiger partial charge in [-0.15, -0.1) is 0 Å². The van der Waals surface area contributed by atoms with Crippen molar-refractivity contribution in [3.63, 3.8) is 0 Å². The summed E-state index contributed by atoms with van der Waals surface area (Å²) in [6.45, 7) is 7.25. The molecule has 4 aromatic rings. The maximum atomic E-state index is 13.2. The Morgan fingerprint density at radius 1 is 0.838 bits per heavy atom. The fourth-order valence-corrected chi connectivity index (χ4v) is 4.12. The second kappa shape index (κ2) is 12.1. The number of nitrogens with one attached hydrogen (secondary N) is 1. The fourth-order valence-electron chi connectivity index (χ4n) is 4.12. The number of amides is 1. The van der Waals surface area contributed by atoms with Crippen molar-refractivity contribution in [1.82, 2.24) is 5.32 Å². The molecule has 5 nitrogen and oxygen atoms in total. The van der Waals surface area contributed by atoms with Crippen LogP contribution in [0.3, 0.4) is 0 Å². The first-order valence-corrected chi connectivity index (χ1v) is 11.9. The molecule has 0 spiro atoms. The molecule has 0 saturated carbocycles. The third kappa shape index (κ3) is 6.81. The van der Waals surface area contributed by atoms with Gasteiger partial charge >= 0.3 is 5.97 Å². The molecular weight excluding hydrogens is 460 g/mol. The molecule has 2 unspecified atom stereocenters. The summed E-state index contributed by atoms with van der Waals surface area (Å²) in [5, 5.41) is 13.1. The van der Waals surface area contributed by atoms with Crippen LogP contribution in [0.5, 0.6) is 0 Å². The second-order valence-corrected chi connectivity index (χ2v) is 8.64. The van der Waals surface area contributed by atoms with E-state index in [-0.39, 0.29) is 12.3 Å². The minimum Gasteiger partial charge on any atom is -0.481 e. The summed E-state index contributed by atoms with van der Waals surface area (Å²) < 4.78 is 0. The number of hydrogen-bond donors (Lipinski definition) is 2.